The van der Waals surface area contributed by atoms with Crippen LogP contribution in [0.25, 0.3) is 110 Å². The van der Waals surface area contributed by atoms with Crippen molar-refractivity contribution in [1.29, 1.82) is 0 Å². The molecule has 0 unspecified atom stereocenters. The minimum Gasteiger partial charge on any atom is -0.456 e. The van der Waals surface area contributed by atoms with E-state index < -0.39 is 0 Å². The van der Waals surface area contributed by atoms with Gasteiger partial charge in [-0.25, -0.2) is 0 Å². The Morgan fingerprint density at radius 1 is 0.239 bits per heavy atom. The van der Waals surface area contributed by atoms with Crippen LogP contribution < -0.4 is 9.80 Å². The monoisotopic (exact) mass is 1180 g/mol. The van der Waals surface area contributed by atoms with E-state index in [1.807, 2.05) is 12.1 Å². The molecule has 2 heterocycles. The van der Waals surface area contributed by atoms with Crippen LogP contribution in [0.15, 0.2) is 324 Å². The third-order valence-electron chi connectivity index (χ3n) is 19.5. The molecule has 0 aliphatic heterocycles. The van der Waals surface area contributed by atoms with E-state index in [4.69, 9.17) is 8.83 Å². The number of hydrogen-bond acceptors (Lipinski definition) is 4. The van der Waals surface area contributed by atoms with Gasteiger partial charge in [0.15, 0.2) is 0 Å². The largest absolute Gasteiger partial charge is 0.456 e. The van der Waals surface area contributed by atoms with Crippen molar-refractivity contribution in [2.45, 2.75) is 38.5 Å². The van der Waals surface area contributed by atoms with Crippen LogP contribution in [0.3, 0.4) is 0 Å². The molecule has 0 radical (unpaired) electrons. The van der Waals surface area contributed by atoms with Crippen LogP contribution in [0, 0.1) is 0 Å². The number of rotatable bonds is 9. The van der Waals surface area contributed by atoms with Gasteiger partial charge in [-0.05, 0) is 192 Å². The van der Waals surface area contributed by atoms with Crippen LogP contribution in [0.5, 0.6) is 0 Å². The van der Waals surface area contributed by atoms with Gasteiger partial charge in [0, 0.05) is 66.5 Å². The van der Waals surface area contributed by atoms with E-state index in [1.54, 1.807) is 0 Å². The third kappa shape index (κ3) is 9.04. The van der Waals surface area contributed by atoms with E-state index in [0.29, 0.717) is 0 Å². The normalized spacial score (nSPS) is 13.2. The molecule has 0 atom stereocenters. The first-order valence-electron chi connectivity index (χ1n) is 31.9. The Morgan fingerprint density at radius 3 is 1.03 bits per heavy atom. The summed E-state index contributed by atoms with van der Waals surface area (Å²) < 4.78 is 12.6. The summed E-state index contributed by atoms with van der Waals surface area (Å²) >= 11 is 0. The van der Waals surface area contributed by atoms with Crippen molar-refractivity contribution in [2.24, 2.45) is 0 Å². The van der Waals surface area contributed by atoms with E-state index in [-0.39, 0.29) is 10.8 Å². The van der Waals surface area contributed by atoms with Gasteiger partial charge in [0.25, 0.3) is 0 Å². The lowest BCUT2D eigenvalue weighted by atomic mass is 9.80. The smallest absolute Gasteiger partial charge is 0.135 e. The van der Waals surface area contributed by atoms with E-state index in [9.17, 15) is 0 Å². The Balaban J connectivity index is 0.000000141. The SMILES string of the molecule is CC1(C)c2cc(N(c3ccc(-c4ccccc4)cc3)c3ccc(-c4ccccc4)cc3)ccc2-c2ccc3oc4ccccc4c3c21.CC1(C)c2cc(N(c3ccccc3)c3ccc(-c4ccc5ccccc5c4)cc3)ccc2-c2ccc3oc4ccccc4c3c21. The van der Waals surface area contributed by atoms with Crippen LogP contribution in [0.1, 0.15) is 49.9 Å². The molecule has 16 aromatic rings. The van der Waals surface area contributed by atoms with Gasteiger partial charge in [-0.2, -0.15) is 0 Å². The Morgan fingerprint density at radius 2 is 0.576 bits per heavy atom. The lowest BCUT2D eigenvalue weighted by molar-refractivity contribution is 0.657. The Hall–Kier alpha value is -11.5. The van der Waals surface area contributed by atoms with Crippen LogP contribution >= 0.6 is 0 Å². The molecule has 0 saturated carbocycles. The van der Waals surface area contributed by atoms with E-state index in [1.165, 1.54) is 110 Å². The van der Waals surface area contributed by atoms with Crippen LogP contribution in [-0.2, 0) is 10.8 Å². The highest BCUT2D eigenvalue weighted by Crippen LogP contribution is 2.56. The molecule has 2 aliphatic rings. The fraction of sp³-hybridized carbons (Fsp3) is 0.0682. The van der Waals surface area contributed by atoms with Crippen LogP contribution in [-0.4, -0.2) is 0 Å². The van der Waals surface area contributed by atoms with Gasteiger partial charge in [0.05, 0.1) is 0 Å². The molecule has 438 valence electrons. The number of anilines is 6. The average molecular weight is 1180 g/mol. The molecule has 2 aliphatic carbocycles. The average Bonchev–Trinajstić information content (AvgIpc) is 1.56. The lowest BCUT2D eigenvalue weighted by Crippen LogP contribution is -2.17. The molecule has 0 saturated heterocycles. The molecule has 2 aromatic heterocycles. The quantitative estimate of drug-likeness (QED) is 0.144. The molecule has 18 rings (SSSR count). The van der Waals surface area contributed by atoms with Gasteiger partial charge in [-0.15, -0.1) is 0 Å². The highest BCUT2D eigenvalue weighted by Gasteiger charge is 2.40. The zero-order chi connectivity index (χ0) is 61.7. The highest BCUT2D eigenvalue weighted by atomic mass is 16.3. The van der Waals surface area contributed by atoms with Crippen LogP contribution in [0.2, 0.25) is 0 Å². The summed E-state index contributed by atoms with van der Waals surface area (Å²) in [5.41, 5.74) is 28.0. The number of furan rings is 2. The first kappa shape index (κ1) is 54.7. The molecule has 4 heteroatoms. The first-order chi connectivity index (χ1) is 45.1. The Kier molecular flexibility index (Phi) is 12.9. The summed E-state index contributed by atoms with van der Waals surface area (Å²) in [6, 6.07) is 113. The van der Waals surface area contributed by atoms with Crippen molar-refractivity contribution < 1.29 is 8.83 Å². The fourth-order valence-electron chi connectivity index (χ4n) is 15.0. The maximum atomic E-state index is 6.32. The van der Waals surface area contributed by atoms with Crippen LogP contribution in [0.4, 0.5) is 34.1 Å². The predicted molar refractivity (Wildman–Crippen MR) is 386 cm³/mol. The number of fused-ring (bicyclic) bond motifs is 15. The van der Waals surface area contributed by atoms with Crippen molar-refractivity contribution in [3.05, 3.63) is 338 Å². The molecule has 0 fully saturated rings. The standard InChI is InChI=1S/C45H33NO.C43H31NO/c1-45(2)40-29-36(25-26-37(40)38-27-28-42-43(44(38)45)39-15-9-10-16-41(39)47-42)46(34-21-17-32(18-22-34)30-11-5-3-6-12-30)35-23-19-33(20-24-35)31-13-7-4-8-14-31;1-43(2)38-27-34(22-23-35(38)36-24-25-40-41(42(36)43)37-14-8-9-15-39(37)45-40)44(32-12-4-3-5-13-32)33-20-18-29(19-21-33)31-17-16-28-10-6-7-11-30(28)26-31/h3-29H,1-2H3;3-27H,1-2H3. The van der Waals surface area contributed by atoms with E-state index in [0.717, 1.165) is 56.5 Å². The summed E-state index contributed by atoms with van der Waals surface area (Å²) in [6.07, 6.45) is 0. The second-order valence-corrected chi connectivity index (χ2v) is 25.6. The van der Waals surface area contributed by atoms with E-state index in [2.05, 4.69) is 341 Å². The second-order valence-electron chi connectivity index (χ2n) is 25.6. The van der Waals surface area contributed by atoms with Gasteiger partial charge >= 0.3 is 0 Å². The molecule has 0 amide bonds. The number of hydrogen-bond donors (Lipinski definition) is 0. The number of para-hydroxylation sites is 3. The number of nitrogens with zero attached hydrogens (tertiary/aromatic N) is 2. The third-order valence-corrected chi connectivity index (χ3v) is 19.5. The summed E-state index contributed by atoms with van der Waals surface area (Å²) in [4.78, 5) is 4.75. The maximum absolute atomic E-state index is 6.32. The maximum Gasteiger partial charge on any atom is 0.135 e. The van der Waals surface area contributed by atoms with Gasteiger partial charge < -0.3 is 18.6 Å². The Bertz CT molecular complexity index is 5410. The molecule has 4 nitrogen and oxygen atoms in total. The van der Waals surface area contributed by atoms with Gasteiger partial charge in [0.1, 0.15) is 22.3 Å². The minimum atomic E-state index is -0.215. The Labute approximate surface area is 536 Å². The highest BCUT2D eigenvalue weighted by molar-refractivity contribution is 6.12. The molecule has 14 aromatic carbocycles. The molecule has 0 N–H and O–H groups in total. The summed E-state index contributed by atoms with van der Waals surface area (Å²) in [5, 5.41) is 7.34. The van der Waals surface area contributed by atoms with Gasteiger partial charge in [0.2, 0.25) is 0 Å². The number of benzene rings is 14. The minimum absolute atomic E-state index is 0.199. The summed E-state index contributed by atoms with van der Waals surface area (Å²) in [7, 11) is 0. The summed E-state index contributed by atoms with van der Waals surface area (Å²) in [5.74, 6) is 0. The summed E-state index contributed by atoms with van der Waals surface area (Å²) in [6.45, 7) is 9.42. The van der Waals surface area contributed by atoms with Crippen molar-refractivity contribution >= 4 is 88.8 Å². The zero-order valence-corrected chi connectivity index (χ0v) is 51.7. The molecular formula is C88H64N2O2. The van der Waals surface area contributed by atoms with Crippen molar-refractivity contribution in [3.8, 4) is 55.6 Å². The fourth-order valence-corrected chi connectivity index (χ4v) is 15.0. The second kappa shape index (κ2) is 21.7. The van der Waals surface area contributed by atoms with E-state index >= 15 is 0 Å². The molecular weight excluding hydrogens is 1120 g/mol. The molecule has 92 heavy (non-hydrogen) atoms. The predicted octanol–water partition coefficient (Wildman–Crippen LogP) is 24.9. The van der Waals surface area contributed by atoms with Crippen molar-refractivity contribution in [3.63, 3.8) is 0 Å². The van der Waals surface area contributed by atoms with Crippen molar-refractivity contribution in [1.82, 2.24) is 0 Å². The first-order valence-corrected chi connectivity index (χ1v) is 31.9. The topological polar surface area (TPSA) is 32.8 Å². The van der Waals surface area contributed by atoms with Gasteiger partial charge in [-0.3, -0.25) is 0 Å². The zero-order valence-electron chi connectivity index (χ0n) is 51.7. The molecule has 0 bridgehead atoms. The lowest BCUT2D eigenvalue weighted by Gasteiger charge is -2.28. The van der Waals surface area contributed by atoms with Crippen molar-refractivity contribution in [2.75, 3.05) is 9.80 Å². The van der Waals surface area contributed by atoms with Gasteiger partial charge in [-0.1, -0.05) is 240 Å². The molecule has 0 spiro atoms.